The van der Waals surface area contributed by atoms with E-state index in [1.54, 1.807) is 0 Å². The van der Waals surface area contributed by atoms with Crippen molar-refractivity contribution in [3.05, 3.63) is 68.4 Å². The largest absolute Gasteiger partial charge is 0.502 e. The second-order valence-electron chi connectivity index (χ2n) is 6.04. The summed E-state index contributed by atoms with van der Waals surface area (Å²) < 4.78 is 39.9. The summed E-state index contributed by atoms with van der Waals surface area (Å²) in [4.78, 5) is 47.0. The summed E-state index contributed by atoms with van der Waals surface area (Å²) in [5.74, 6) is -7.43. The van der Waals surface area contributed by atoms with Gasteiger partial charge in [0.05, 0.1) is 15.5 Å². The number of nitro groups is 1. The van der Waals surface area contributed by atoms with Gasteiger partial charge in [0.2, 0.25) is 5.91 Å². The molecule has 1 saturated heterocycles. The predicted molar refractivity (Wildman–Crippen MR) is 102 cm³/mol. The average Bonchev–Trinajstić information content (AvgIpc) is 2.97. The summed E-state index contributed by atoms with van der Waals surface area (Å²) >= 11 is 0.453. The van der Waals surface area contributed by atoms with Crippen molar-refractivity contribution in [2.24, 2.45) is 0 Å². The Hall–Kier alpha value is -3.87. The van der Waals surface area contributed by atoms with Crippen molar-refractivity contribution < 1.29 is 37.6 Å². The predicted octanol–water partition coefficient (Wildman–Crippen LogP) is 3.39. The normalized spacial score (nSPS) is 14.9. The molecule has 0 unspecified atom stereocenters. The molecule has 1 fully saturated rings. The highest BCUT2D eigenvalue weighted by atomic mass is 32.2. The molecular weight excluding hydrogens is 443 g/mol. The van der Waals surface area contributed by atoms with Crippen molar-refractivity contribution in [2.45, 2.75) is 0 Å². The zero-order valence-corrected chi connectivity index (χ0v) is 15.9. The lowest BCUT2D eigenvalue weighted by atomic mass is 10.1. The van der Waals surface area contributed by atoms with Crippen LogP contribution in [0.5, 0.6) is 5.75 Å². The molecule has 1 heterocycles. The minimum absolute atomic E-state index is 0.142. The van der Waals surface area contributed by atoms with Crippen LogP contribution in [0.1, 0.15) is 5.56 Å². The minimum atomic E-state index is -1.80. The second kappa shape index (κ2) is 8.47. The lowest BCUT2D eigenvalue weighted by Crippen LogP contribution is -2.36. The molecule has 2 aromatic carbocycles. The van der Waals surface area contributed by atoms with Crippen LogP contribution in [0.3, 0.4) is 0 Å². The van der Waals surface area contributed by atoms with Gasteiger partial charge in [-0.15, -0.1) is 0 Å². The van der Waals surface area contributed by atoms with Crippen molar-refractivity contribution >= 4 is 46.3 Å². The van der Waals surface area contributed by atoms with Gasteiger partial charge >= 0.3 is 5.69 Å². The van der Waals surface area contributed by atoms with Crippen molar-refractivity contribution in [3.63, 3.8) is 0 Å². The van der Waals surface area contributed by atoms with E-state index < -0.39 is 63.1 Å². The molecule has 0 aromatic heterocycles. The molecule has 1 aliphatic rings. The van der Waals surface area contributed by atoms with Crippen LogP contribution in [0.15, 0.2) is 35.2 Å². The molecule has 0 bridgehead atoms. The number of nitro benzene ring substituents is 1. The first-order valence-electron chi connectivity index (χ1n) is 8.24. The number of amides is 3. The Bertz CT molecular complexity index is 1170. The third kappa shape index (κ3) is 4.50. The molecule has 0 spiro atoms. The fourth-order valence-corrected chi connectivity index (χ4v) is 3.36. The smallest absolute Gasteiger partial charge is 0.311 e. The standard InChI is InChI=1S/C18H10F3N3O6S/c19-9-2-3-10(16(21)15(9)20)22-14(26)7-23-17(27)13(31-18(23)28)6-8-1-4-12(25)11(5-8)24(29)30/h1-6,25H,7H2,(H,22,26)/b13-6+. The quantitative estimate of drug-likeness (QED) is 0.307. The van der Waals surface area contributed by atoms with Crippen LogP contribution in [-0.2, 0) is 9.59 Å². The first-order chi connectivity index (χ1) is 14.6. The van der Waals surface area contributed by atoms with Crippen LogP contribution in [0.4, 0.5) is 29.3 Å². The van der Waals surface area contributed by atoms with Gasteiger partial charge < -0.3 is 10.4 Å². The maximum atomic E-state index is 13.7. The Balaban J connectivity index is 1.75. The number of hydrogen-bond donors (Lipinski definition) is 2. The molecule has 3 amide bonds. The minimum Gasteiger partial charge on any atom is -0.502 e. The SMILES string of the molecule is O=C(CN1C(=O)S/C(=C/c2ccc(O)c([N+](=O)[O-])c2)C1=O)Nc1ccc(F)c(F)c1F. The Morgan fingerprint density at radius 3 is 2.58 bits per heavy atom. The fourth-order valence-electron chi connectivity index (χ4n) is 2.52. The van der Waals surface area contributed by atoms with E-state index in [1.807, 2.05) is 5.32 Å². The number of nitrogens with zero attached hydrogens (tertiary/aromatic N) is 2. The Kier molecular flexibility index (Phi) is 5.97. The highest BCUT2D eigenvalue weighted by Crippen LogP contribution is 2.34. The number of anilines is 1. The lowest BCUT2D eigenvalue weighted by Gasteiger charge is -2.13. The molecule has 31 heavy (non-hydrogen) atoms. The number of phenolic OH excluding ortho intramolecular Hbond substituents is 1. The van der Waals surface area contributed by atoms with Crippen LogP contribution in [0.25, 0.3) is 6.08 Å². The number of nitrogens with one attached hydrogen (secondary N) is 1. The Morgan fingerprint density at radius 2 is 1.90 bits per heavy atom. The van der Waals surface area contributed by atoms with Crippen molar-refractivity contribution in [1.29, 1.82) is 0 Å². The highest BCUT2D eigenvalue weighted by Gasteiger charge is 2.36. The van der Waals surface area contributed by atoms with E-state index >= 15 is 0 Å². The Labute approximate surface area is 175 Å². The fraction of sp³-hybridized carbons (Fsp3) is 0.0556. The number of aromatic hydroxyl groups is 1. The van der Waals surface area contributed by atoms with Crippen molar-refractivity contribution in [3.8, 4) is 5.75 Å². The molecule has 0 radical (unpaired) electrons. The van der Waals surface area contributed by atoms with Gasteiger partial charge in [-0.2, -0.15) is 0 Å². The molecule has 2 aromatic rings. The lowest BCUT2D eigenvalue weighted by molar-refractivity contribution is -0.385. The molecule has 3 rings (SSSR count). The van der Waals surface area contributed by atoms with Gasteiger partial charge in [-0.25, -0.2) is 13.2 Å². The van der Waals surface area contributed by atoms with Gasteiger partial charge in [-0.05, 0) is 41.6 Å². The molecule has 0 saturated carbocycles. The summed E-state index contributed by atoms with van der Waals surface area (Å²) in [7, 11) is 0. The number of thioether (sulfide) groups is 1. The van der Waals surface area contributed by atoms with E-state index in [-0.39, 0.29) is 10.5 Å². The van der Waals surface area contributed by atoms with Gasteiger partial charge in [0, 0.05) is 6.07 Å². The zero-order valence-electron chi connectivity index (χ0n) is 15.1. The van der Waals surface area contributed by atoms with E-state index in [1.165, 1.54) is 6.07 Å². The molecule has 9 nitrogen and oxygen atoms in total. The summed E-state index contributed by atoms with van der Waals surface area (Å²) in [6, 6.07) is 4.67. The summed E-state index contributed by atoms with van der Waals surface area (Å²) in [6.45, 7) is -0.837. The van der Waals surface area contributed by atoms with E-state index in [0.29, 0.717) is 22.7 Å². The first kappa shape index (κ1) is 21.8. The van der Waals surface area contributed by atoms with Gasteiger partial charge in [-0.3, -0.25) is 29.4 Å². The van der Waals surface area contributed by atoms with Gasteiger partial charge in [0.1, 0.15) is 6.54 Å². The maximum Gasteiger partial charge on any atom is 0.311 e. The van der Waals surface area contributed by atoms with E-state index in [0.717, 1.165) is 24.3 Å². The van der Waals surface area contributed by atoms with Crippen LogP contribution >= 0.6 is 11.8 Å². The monoisotopic (exact) mass is 453 g/mol. The zero-order chi connectivity index (χ0) is 22.9. The van der Waals surface area contributed by atoms with Crippen LogP contribution < -0.4 is 5.32 Å². The number of rotatable bonds is 5. The first-order valence-corrected chi connectivity index (χ1v) is 9.06. The molecule has 2 N–H and O–H groups in total. The molecule has 0 atom stereocenters. The van der Waals surface area contributed by atoms with Crippen molar-refractivity contribution in [1.82, 2.24) is 4.90 Å². The van der Waals surface area contributed by atoms with E-state index in [4.69, 9.17) is 0 Å². The van der Waals surface area contributed by atoms with Gasteiger partial charge in [-0.1, -0.05) is 6.07 Å². The van der Waals surface area contributed by atoms with E-state index in [2.05, 4.69) is 0 Å². The highest BCUT2D eigenvalue weighted by molar-refractivity contribution is 8.18. The number of imide groups is 1. The van der Waals surface area contributed by atoms with Gasteiger partial charge in [0.15, 0.2) is 23.2 Å². The third-order valence-corrected chi connectivity index (χ3v) is 4.89. The molecule has 160 valence electrons. The van der Waals surface area contributed by atoms with Gasteiger partial charge in [0.25, 0.3) is 11.1 Å². The summed E-state index contributed by atoms with van der Waals surface area (Å²) in [5, 5.41) is 21.4. The molecule has 1 aliphatic heterocycles. The maximum absolute atomic E-state index is 13.7. The average molecular weight is 453 g/mol. The number of carbonyl (C=O) groups is 3. The van der Waals surface area contributed by atoms with E-state index in [9.17, 15) is 42.8 Å². The number of hydrogen-bond acceptors (Lipinski definition) is 7. The van der Waals surface area contributed by atoms with Crippen LogP contribution in [0.2, 0.25) is 0 Å². The Morgan fingerprint density at radius 1 is 1.19 bits per heavy atom. The topological polar surface area (TPSA) is 130 Å². The van der Waals surface area contributed by atoms with Crippen LogP contribution in [0, 0.1) is 27.6 Å². The molecule has 13 heteroatoms. The van der Waals surface area contributed by atoms with Crippen LogP contribution in [-0.4, -0.2) is 38.5 Å². The number of benzene rings is 2. The second-order valence-corrected chi connectivity index (χ2v) is 7.04. The summed E-state index contributed by atoms with van der Waals surface area (Å²) in [6.07, 6.45) is 1.16. The third-order valence-electron chi connectivity index (χ3n) is 3.98. The molecular formula is C18H10F3N3O6S. The number of carbonyl (C=O) groups excluding carboxylic acids is 3. The molecule has 0 aliphatic carbocycles. The number of phenols is 1. The van der Waals surface area contributed by atoms with Crippen molar-refractivity contribution in [2.75, 3.05) is 11.9 Å². The number of halogens is 3. The summed E-state index contributed by atoms with van der Waals surface area (Å²) in [5.41, 5.74) is -1.15.